The summed E-state index contributed by atoms with van der Waals surface area (Å²) in [5.74, 6) is 1.04. The zero-order valence-electron chi connectivity index (χ0n) is 11.1. The van der Waals surface area contributed by atoms with Crippen molar-refractivity contribution < 1.29 is 4.92 Å². The van der Waals surface area contributed by atoms with Gasteiger partial charge in [-0.3, -0.25) is 10.1 Å². The van der Waals surface area contributed by atoms with E-state index in [1.165, 1.54) is 6.42 Å². The number of nitro groups is 1. The Hall–Kier alpha value is -1.82. The molecule has 2 aromatic rings. The third-order valence-corrected chi connectivity index (χ3v) is 4.03. The lowest BCUT2D eigenvalue weighted by Gasteiger charge is -2.03. The molecule has 0 saturated carbocycles. The lowest BCUT2D eigenvalue weighted by molar-refractivity contribution is -0.384. The Kier molecular flexibility index (Phi) is 5.61. The van der Waals surface area contributed by atoms with E-state index in [9.17, 15) is 10.1 Å². The van der Waals surface area contributed by atoms with Crippen LogP contribution in [0.3, 0.4) is 0 Å². The number of nitrogens with zero attached hydrogens (tertiary/aromatic N) is 3. The second-order valence-electron chi connectivity index (χ2n) is 4.46. The minimum atomic E-state index is -0.370. The van der Waals surface area contributed by atoms with Gasteiger partial charge in [0.05, 0.1) is 11.3 Å². The van der Waals surface area contributed by atoms with Crippen LogP contribution in [0.5, 0.6) is 0 Å². The van der Waals surface area contributed by atoms with Crippen molar-refractivity contribution in [2.45, 2.75) is 30.7 Å². The first-order chi connectivity index (χ1) is 9.75. The van der Waals surface area contributed by atoms with Gasteiger partial charge in [0, 0.05) is 36.0 Å². The summed E-state index contributed by atoms with van der Waals surface area (Å²) in [4.78, 5) is 15.3. The van der Waals surface area contributed by atoms with Crippen LogP contribution >= 0.6 is 11.8 Å². The van der Waals surface area contributed by atoms with E-state index in [1.54, 1.807) is 30.1 Å². The zero-order chi connectivity index (χ0) is 14.2. The number of rotatable bonds is 8. The first kappa shape index (κ1) is 14.6. The number of aromatic nitrogens is 2. The maximum atomic E-state index is 10.5. The molecule has 106 valence electrons. The molecule has 6 heteroatoms. The maximum absolute atomic E-state index is 10.5. The second kappa shape index (κ2) is 7.69. The molecule has 0 fully saturated rings. The van der Waals surface area contributed by atoms with E-state index in [0.717, 1.165) is 30.0 Å². The van der Waals surface area contributed by atoms with Crippen molar-refractivity contribution in [1.29, 1.82) is 0 Å². The Balaban J connectivity index is 1.59. The maximum Gasteiger partial charge on any atom is 0.269 e. The average Bonchev–Trinajstić information content (AvgIpc) is 2.96. The fraction of sp³-hybridized carbons (Fsp3) is 0.357. The van der Waals surface area contributed by atoms with E-state index in [2.05, 4.69) is 9.55 Å². The van der Waals surface area contributed by atoms with Crippen LogP contribution in [0.2, 0.25) is 0 Å². The Labute approximate surface area is 122 Å². The van der Waals surface area contributed by atoms with Gasteiger partial charge in [-0.15, -0.1) is 11.8 Å². The van der Waals surface area contributed by atoms with Gasteiger partial charge in [-0.2, -0.15) is 0 Å². The van der Waals surface area contributed by atoms with Gasteiger partial charge >= 0.3 is 0 Å². The van der Waals surface area contributed by atoms with Crippen molar-refractivity contribution in [3.63, 3.8) is 0 Å². The van der Waals surface area contributed by atoms with Crippen LogP contribution in [0.4, 0.5) is 5.69 Å². The normalized spacial score (nSPS) is 10.6. The number of hydrogen-bond donors (Lipinski definition) is 0. The summed E-state index contributed by atoms with van der Waals surface area (Å²) in [6.45, 7) is 1.02. The average molecular weight is 291 g/mol. The monoisotopic (exact) mass is 291 g/mol. The fourth-order valence-corrected chi connectivity index (χ4v) is 2.76. The second-order valence-corrected chi connectivity index (χ2v) is 5.63. The molecule has 0 amide bonds. The molecule has 0 spiro atoms. The van der Waals surface area contributed by atoms with E-state index in [4.69, 9.17) is 0 Å². The number of thioether (sulfide) groups is 1. The molecule has 0 atom stereocenters. The third kappa shape index (κ3) is 4.70. The molecule has 0 saturated heterocycles. The summed E-state index contributed by atoms with van der Waals surface area (Å²) < 4.78 is 2.09. The lowest BCUT2D eigenvalue weighted by atomic mass is 10.2. The standard InChI is InChI=1S/C14H17N3O2S/c18-17(19)13-4-6-14(7-5-13)20-11-3-1-2-9-16-10-8-15-12-16/h4-8,10,12H,1-3,9,11H2. The summed E-state index contributed by atoms with van der Waals surface area (Å²) >= 11 is 1.75. The highest BCUT2D eigenvalue weighted by Gasteiger charge is 2.03. The van der Waals surface area contributed by atoms with Crippen molar-refractivity contribution in [2.24, 2.45) is 0 Å². The van der Waals surface area contributed by atoms with Crippen LogP contribution < -0.4 is 0 Å². The molecule has 2 rings (SSSR count). The Morgan fingerprint density at radius 3 is 2.65 bits per heavy atom. The van der Waals surface area contributed by atoms with Gasteiger partial charge in [-0.1, -0.05) is 6.42 Å². The first-order valence-electron chi connectivity index (χ1n) is 6.59. The number of imidazole rings is 1. The lowest BCUT2D eigenvalue weighted by Crippen LogP contribution is -1.94. The molecule has 1 aromatic heterocycles. The van der Waals surface area contributed by atoms with Gasteiger partial charge in [-0.05, 0) is 30.7 Å². The van der Waals surface area contributed by atoms with Gasteiger partial charge in [-0.25, -0.2) is 4.98 Å². The summed E-state index contributed by atoms with van der Waals surface area (Å²) in [5, 5.41) is 10.5. The van der Waals surface area contributed by atoms with E-state index in [-0.39, 0.29) is 10.6 Å². The minimum Gasteiger partial charge on any atom is -0.337 e. The van der Waals surface area contributed by atoms with E-state index < -0.39 is 0 Å². The smallest absolute Gasteiger partial charge is 0.269 e. The highest BCUT2D eigenvalue weighted by Crippen LogP contribution is 2.22. The molecule has 0 aliphatic rings. The summed E-state index contributed by atoms with van der Waals surface area (Å²) in [6, 6.07) is 6.74. The number of benzene rings is 1. The Morgan fingerprint density at radius 2 is 2.00 bits per heavy atom. The van der Waals surface area contributed by atoms with Crippen molar-refractivity contribution >= 4 is 17.4 Å². The first-order valence-corrected chi connectivity index (χ1v) is 7.57. The summed E-state index contributed by atoms with van der Waals surface area (Å²) in [7, 11) is 0. The van der Waals surface area contributed by atoms with Crippen LogP contribution in [0.1, 0.15) is 19.3 Å². The number of unbranched alkanes of at least 4 members (excludes halogenated alkanes) is 2. The van der Waals surface area contributed by atoms with Crippen LogP contribution in [-0.2, 0) is 6.54 Å². The van der Waals surface area contributed by atoms with Crippen LogP contribution in [-0.4, -0.2) is 20.2 Å². The topological polar surface area (TPSA) is 61.0 Å². The van der Waals surface area contributed by atoms with Gasteiger partial charge in [0.15, 0.2) is 0 Å². The fourth-order valence-electron chi connectivity index (χ4n) is 1.85. The third-order valence-electron chi connectivity index (χ3n) is 2.94. The van der Waals surface area contributed by atoms with E-state index in [0.29, 0.717) is 0 Å². The Morgan fingerprint density at radius 1 is 1.20 bits per heavy atom. The number of non-ortho nitro benzene ring substituents is 1. The van der Waals surface area contributed by atoms with E-state index >= 15 is 0 Å². The predicted molar refractivity (Wildman–Crippen MR) is 79.9 cm³/mol. The van der Waals surface area contributed by atoms with E-state index in [1.807, 2.05) is 24.7 Å². The molecule has 0 radical (unpaired) electrons. The highest BCUT2D eigenvalue weighted by atomic mass is 32.2. The van der Waals surface area contributed by atoms with Crippen molar-refractivity contribution in [3.05, 3.63) is 53.1 Å². The van der Waals surface area contributed by atoms with Gasteiger partial charge in [0.25, 0.3) is 5.69 Å². The molecule has 0 unspecified atom stereocenters. The largest absolute Gasteiger partial charge is 0.337 e. The van der Waals surface area contributed by atoms with Crippen molar-refractivity contribution in [3.8, 4) is 0 Å². The van der Waals surface area contributed by atoms with Gasteiger partial charge in [0.1, 0.15) is 0 Å². The molecule has 0 aliphatic heterocycles. The molecular weight excluding hydrogens is 274 g/mol. The van der Waals surface area contributed by atoms with Crippen LogP contribution in [0.15, 0.2) is 47.9 Å². The number of aryl methyl sites for hydroxylation is 1. The van der Waals surface area contributed by atoms with Crippen LogP contribution in [0.25, 0.3) is 0 Å². The quantitative estimate of drug-likeness (QED) is 0.321. The van der Waals surface area contributed by atoms with Crippen molar-refractivity contribution in [2.75, 3.05) is 5.75 Å². The predicted octanol–water partition coefficient (Wildman–Crippen LogP) is 3.75. The molecule has 20 heavy (non-hydrogen) atoms. The number of nitro benzene ring substituents is 1. The molecule has 0 bridgehead atoms. The summed E-state index contributed by atoms with van der Waals surface area (Å²) in [5.41, 5.74) is 0.148. The number of hydrogen-bond acceptors (Lipinski definition) is 4. The molecule has 1 heterocycles. The molecule has 1 aromatic carbocycles. The minimum absolute atomic E-state index is 0.148. The highest BCUT2D eigenvalue weighted by molar-refractivity contribution is 7.99. The van der Waals surface area contributed by atoms with Crippen molar-refractivity contribution in [1.82, 2.24) is 9.55 Å². The molecule has 0 N–H and O–H groups in total. The molecular formula is C14H17N3O2S. The molecule has 0 aliphatic carbocycles. The SMILES string of the molecule is O=[N+]([O-])c1ccc(SCCCCCn2ccnc2)cc1. The summed E-state index contributed by atoms with van der Waals surface area (Å²) in [6.07, 6.45) is 9.09. The Bertz CT molecular complexity index is 526. The van der Waals surface area contributed by atoms with Gasteiger partial charge < -0.3 is 4.57 Å². The van der Waals surface area contributed by atoms with Gasteiger partial charge in [0.2, 0.25) is 0 Å². The molecule has 5 nitrogen and oxygen atoms in total. The zero-order valence-corrected chi connectivity index (χ0v) is 12.0. The van der Waals surface area contributed by atoms with Crippen LogP contribution in [0, 0.1) is 10.1 Å².